The molecule has 132 valence electrons. The molecule has 0 amide bonds. The van der Waals surface area contributed by atoms with Crippen LogP contribution in [0.3, 0.4) is 0 Å². The van der Waals surface area contributed by atoms with Gasteiger partial charge < -0.3 is 4.74 Å². The van der Waals surface area contributed by atoms with E-state index < -0.39 is 0 Å². The van der Waals surface area contributed by atoms with Crippen LogP contribution in [0.25, 0.3) is 5.69 Å². The highest BCUT2D eigenvalue weighted by atomic mass is 16.5. The molecule has 0 aliphatic heterocycles. The second-order valence-electron chi connectivity index (χ2n) is 6.90. The summed E-state index contributed by atoms with van der Waals surface area (Å²) in [6.45, 7) is 4.03. The normalized spacial score (nSPS) is 16.4. The van der Waals surface area contributed by atoms with Crippen molar-refractivity contribution in [2.45, 2.75) is 32.6 Å². The molecule has 0 saturated carbocycles. The molecule has 0 radical (unpaired) electrons. The number of aromatic nitrogens is 2. The van der Waals surface area contributed by atoms with Gasteiger partial charge in [0.15, 0.2) is 5.78 Å². The SMILES string of the molecule is COc1ccc(-n2nc(C)c3c2CC(c2ccccc2C)CC3=O)cc1. The minimum absolute atomic E-state index is 0.191. The van der Waals surface area contributed by atoms with Crippen molar-refractivity contribution in [3.05, 3.63) is 76.6 Å². The summed E-state index contributed by atoms with van der Waals surface area (Å²) >= 11 is 0. The van der Waals surface area contributed by atoms with E-state index in [1.54, 1.807) is 7.11 Å². The van der Waals surface area contributed by atoms with Crippen LogP contribution in [0.2, 0.25) is 0 Å². The molecule has 3 aromatic rings. The topological polar surface area (TPSA) is 44.1 Å². The fourth-order valence-electron chi connectivity index (χ4n) is 3.96. The Morgan fingerprint density at radius 2 is 1.77 bits per heavy atom. The highest BCUT2D eigenvalue weighted by molar-refractivity contribution is 6.00. The van der Waals surface area contributed by atoms with Crippen LogP contribution in [0.4, 0.5) is 0 Å². The maximum Gasteiger partial charge on any atom is 0.167 e. The lowest BCUT2D eigenvalue weighted by Crippen LogP contribution is -2.21. The molecule has 1 aromatic heterocycles. The summed E-state index contributed by atoms with van der Waals surface area (Å²) in [6, 6.07) is 16.1. The van der Waals surface area contributed by atoms with Gasteiger partial charge in [-0.25, -0.2) is 4.68 Å². The van der Waals surface area contributed by atoms with E-state index in [1.807, 2.05) is 48.0 Å². The zero-order valence-corrected chi connectivity index (χ0v) is 15.3. The highest BCUT2D eigenvalue weighted by Gasteiger charge is 2.32. The maximum absolute atomic E-state index is 12.9. The Labute approximate surface area is 153 Å². The molecule has 26 heavy (non-hydrogen) atoms. The van der Waals surface area contributed by atoms with Crippen LogP contribution in [0.5, 0.6) is 5.75 Å². The molecule has 0 bridgehead atoms. The van der Waals surface area contributed by atoms with Crippen molar-refractivity contribution in [1.82, 2.24) is 9.78 Å². The number of fused-ring (bicyclic) bond motifs is 1. The van der Waals surface area contributed by atoms with Gasteiger partial charge in [0.25, 0.3) is 0 Å². The van der Waals surface area contributed by atoms with Gasteiger partial charge in [0.05, 0.1) is 29.7 Å². The van der Waals surface area contributed by atoms with Crippen LogP contribution in [0.1, 0.15) is 45.2 Å². The number of carbonyl (C=O) groups excluding carboxylic acids is 1. The van der Waals surface area contributed by atoms with E-state index >= 15 is 0 Å². The van der Waals surface area contributed by atoms with Crippen LogP contribution in [0.15, 0.2) is 48.5 Å². The number of Topliss-reactive ketones (excluding diaryl/α,β-unsaturated/α-hetero) is 1. The van der Waals surface area contributed by atoms with Crippen molar-refractivity contribution in [3.63, 3.8) is 0 Å². The lowest BCUT2D eigenvalue weighted by Gasteiger charge is -2.24. The summed E-state index contributed by atoms with van der Waals surface area (Å²) in [4.78, 5) is 12.9. The second-order valence-corrected chi connectivity index (χ2v) is 6.90. The number of ether oxygens (including phenoxy) is 1. The maximum atomic E-state index is 12.9. The molecule has 0 saturated heterocycles. The molecule has 0 spiro atoms. The fraction of sp³-hybridized carbons (Fsp3) is 0.273. The predicted molar refractivity (Wildman–Crippen MR) is 101 cm³/mol. The predicted octanol–water partition coefficient (Wildman–Crippen LogP) is 4.41. The van der Waals surface area contributed by atoms with Gasteiger partial charge in [-0.15, -0.1) is 0 Å². The van der Waals surface area contributed by atoms with Crippen LogP contribution >= 0.6 is 0 Å². The number of rotatable bonds is 3. The first-order chi connectivity index (χ1) is 12.6. The molecule has 1 aliphatic rings. The lowest BCUT2D eigenvalue weighted by atomic mass is 9.80. The third-order valence-corrected chi connectivity index (χ3v) is 5.25. The number of methoxy groups -OCH3 is 1. The van der Waals surface area contributed by atoms with Gasteiger partial charge in [0, 0.05) is 6.42 Å². The Bertz CT molecular complexity index is 970. The Morgan fingerprint density at radius 1 is 1.04 bits per heavy atom. The molecular formula is C22H22N2O2. The van der Waals surface area contributed by atoms with Gasteiger partial charge in [-0.1, -0.05) is 24.3 Å². The summed E-state index contributed by atoms with van der Waals surface area (Å²) in [5, 5.41) is 4.67. The fourth-order valence-corrected chi connectivity index (χ4v) is 3.96. The van der Waals surface area contributed by atoms with E-state index in [9.17, 15) is 4.79 Å². The molecule has 1 aliphatic carbocycles. The van der Waals surface area contributed by atoms with Crippen molar-refractivity contribution >= 4 is 5.78 Å². The van der Waals surface area contributed by atoms with E-state index in [1.165, 1.54) is 11.1 Å². The Balaban J connectivity index is 1.78. The van der Waals surface area contributed by atoms with Crippen LogP contribution < -0.4 is 4.74 Å². The van der Waals surface area contributed by atoms with Crippen LogP contribution in [0, 0.1) is 13.8 Å². The highest BCUT2D eigenvalue weighted by Crippen LogP contribution is 2.36. The minimum atomic E-state index is 0.191. The first-order valence-electron chi connectivity index (χ1n) is 8.90. The molecule has 4 rings (SSSR count). The van der Waals surface area contributed by atoms with Gasteiger partial charge in [-0.05, 0) is 61.6 Å². The zero-order chi connectivity index (χ0) is 18.3. The molecular weight excluding hydrogens is 324 g/mol. The molecule has 4 nitrogen and oxygen atoms in total. The average Bonchev–Trinajstić information content (AvgIpc) is 2.99. The number of hydrogen-bond acceptors (Lipinski definition) is 3. The van der Waals surface area contributed by atoms with E-state index in [2.05, 4.69) is 24.2 Å². The summed E-state index contributed by atoms with van der Waals surface area (Å²) in [5.74, 6) is 1.20. The van der Waals surface area contributed by atoms with Crippen molar-refractivity contribution < 1.29 is 9.53 Å². The zero-order valence-electron chi connectivity index (χ0n) is 15.3. The van der Waals surface area contributed by atoms with Gasteiger partial charge in [0.2, 0.25) is 0 Å². The van der Waals surface area contributed by atoms with Gasteiger partial charge in [-0.3, -0.25) is 4.79 Å². The first-order valence-corrected chi connectivity index (χ1v) is 8.90. The van der Waals surface area contributed by atoms with Crippen molar-refractivity contribution in [1.29, 1.82) is 0 Å². The number of benzene rings is 2. The smallest absolute Gasteiger partial charge is 0.167 e. The number of hydrogen-bond donors (Lipinski definition) is 0. The largest absolute Gasteiger partial charge is 0.497 e. The lowest BCUT2D eigenvalue weighted by molar-refractivity contribution is 0.0963. The van der Waals surface area contributed by atoms with Crippen molar-refractivity contribution in [2.24, 2.45) is 0 Å². The van der Waals surface area contributed by atoms with Crippen LogP contribution in [-0.2, 0) is 6.42 Å². The van der Waals surface area contributed by atoms with Crippen molar-refractivity contribution in [3.8, 4) is 11.4 Å². The number of carbonyl (C=O) groups is 1. The summed E-state index contributed by atoms with van der Waals surface area (Å²) in [5.41, 5.74) is 6.06. The molecule has 1 heterocycles. The molecule has 0 N–H and O–H groups in total. The monoisotopic (exact) mass is 346 g/mol. The minimum Gasteiger partial charge on any atom is -0.497 e. The summed E-state index contributed by atoms with van der Waals surface area (Å²) in [6.07, 6.45) is 1.37. The van der Waals surface area contributed by atoms with E-state index in [0.29, 0.717) is 6.42 Å². The first kappa shape index (κ1) is 16.6. The van der Waals surface area contributed by atoms with Gasteiger partial charge in [-0.2, -0.15) is 5.10 Å². The van der Waals surface area contributed by atoms with Gasteiger partial charge in [0.1, 0.15) is 5.75 Å². The number of aryl methyl sites for hydroxylation is 2. The second kappa shape index (κ2) is 6.45. The molecule has 4 heteroatoms. The summed E-state index contributed by atoms with van der Waals surface area (Å²) < 4.78 is 7.17. The summed E-state index contributed by atoms with van der Waals surface area (Å²) in [7, 11) is 1.65. The quantitative estimate of drug-likeness (QED) is 0.705. The van der Waals surface area contributed by atoms with E-state index in [-0.39, 0.29) is 11.7 Å². The van der Waals surface area contributed by atoms with Crippen molar-refractivity contribution in [2.75, 3.05) is 7.11 Å². The Kier molecular flexibility index (Phi) is 4.11. The molecule has 1 unspecified atom stereocenters. The average molecular weight is 346 g/mol. The third-order valence-electron chi connectivity index (χ3n) is 5.25. The number of nitrogens with zero attached hydrogens (tertiary/aromatic N) is 2. The third kappa shape index (κ3) is 2.71. The van der Waals surface area contributed by atoms with E-state index in [0.717, 1.165) is 34.8 Å². The Hall–Kier alpha value is -2.88. The molecule has 0 fully saturated rings. The molecule has 1 atom stereocenters. The van der Waals surface area contributed by atoms with Gasteiger partial charge >= 0.3 is 0 Å². The van der Waals surface area contributed by atoms with E-state index in [4.69, 9.17) is 4.74 Å². The molecule has 2 aromatic carbocycles. The number of ketones is 1. The standard InChI is InChI=1S/C22H22N2O2/c1-14-6-4-5-7-19(14)16-12-20-22(21(25)13-16)15(2)23-24(20)17-8-10-18(26-3)11-9-17/h4-11,16H,12-13H2,1-3H3. The van der Waals surface area contributed by atoms with Crippen LogP contribution in [-0.4, -0.2) is 22.7 Å². The Morgan fingerprint density at radius 3 is 2.46 bits per heavy atom.